The largest absolute Gasteiger partial charge is 0.354 e. The Bertz CT molecular complexity index is 1010. The molecule has 1 N–H and O–H groups in total. The first-order valence-electron chi connectivity index (χ1n) is 10.8. The summed E-state index contributed by atoms with van der Waals surface area (Å²) in [6.45, 7) is 7.01. The topological polar surface area (TPSA) is 73.0 Å². The maximum absolute atomic E-state index is 13.4. The van der Waals surface area contributed by atoms with Gasteiger partial charge in [-0.2, -0.15) is 0 Å². The summed E-state index contributed by atoms with van der Waals surface area (Å²) in [6, 6.07) is 13.2. The molecule has 0 spiro atoms. The number of carbonyl (C=O) groups is 1. The third-order valence-corrected chi connectivity index (χ3v) is 7.88. The van der Waals surface area contributed by atoms with Gasteiger partial charge in [-0.3, -0.25) is 9.10 Å². The van der Waals surface area contributed by atoms with Crippen LogP contribution in [0.15, 0.2) is 53.4 Å². The van der Waals surface area contributed by atoms with Crippen molar-refractivity contribution in [3.05, 3.63) is 59.1 Å². The summed E-state index contributed by atoms with van der Waals surface area (Å²) in [4.78, 5) is 17.5. The molecule has 1 fully saturated rings. The number of hydrogen-bond donors (Lipinski definition) is 1. The van der Waals surface area contributed by atoms with E-state index in [1.807, 2.05) is 0 Å². The van der Waals surface area contributed by atoms with Crippen LogP contribution >= 0.6 is 11.6 Å². The lowest BCUT2D eigenvalue weighted by molar-refractivity contribution is -0.119. The van der Waals surface area contributed by atoms with E-state index in [0.29, 0.717) is 22.8 Å². The fraction of sp³-hybridized carbons (Fsp3) is 0.435. The second-order valence-corrected chi connectivity index (χ2v) is 10.3. The predicted octanol–water partition coefficient (Wildman–Crippen LogP) is 2.60. The van der Waals surface area contributed by atoms with E-state index in [1.54, 1.807) is 43.3 Å². The fourth-order valence-electron chi connectivity index (χ4n) is 3.67. The van der Waals surface area contributed by atoms with Crippen molar-refractivity contribution in [1.29, 1.82) is 0 Å². The Hall–Kier alpha value is -2.13. The highest BCUT2D eigenvalue weighted by Gasteiger charge is 2.28. The van der Waals surface area contributed by atoms with Crippen LogP contribution in [-0.2, 0) is 14.8 Å². The summed E-state index contributed by atoms with van der Waals surface area (Å²) in [5, 5.41) is 3.32. The van der Waals surface area contributed by atoms with Crippen molar-refractivity contribution in [3.8, 4) is 0 Å². The van der Waals surface area contributed by atoms with E-state index in [2.05, 4.69) is 22.2 Å². The number of piperazine rings is 1. The van der Waals surface area contributed by atoms with Crippen LogP contribution in [0, 0.1) is 6.92 Å². The molecule has 1 amide bonds. The van der Waals surface area contributed by atoms with Gasteiger partial charge in [0.05, 0.1) is 10.6 Å². The minimum atomic E-state index is -3.94. The number of hydrogen-bond acceptors (Lipinski definition) is 5. The van der Waals surface area contributed by atoms with Crippen LogP contribution in [0.4, 0.5) is 5.69 Å². The summed E-state index contributed by atoms with van der Waals surface area (Å²) >= 11 is 6.25. The van der Waals surface area contributed by atoms with E-state index < -0.39 is 10.0 Å². The molecule has 1 heterocycles. The summed E-state index contributed by atoms with van der Waals surface area (Å²) in [5.74, 6) is -0.345. The van der Waals surface area contributed by atoms with E-state index in [0.717, 1.165) is 43.4 Å². The minimum absolute atomic E-state index is 0.127. The Morgan fingerprint density at radius 1 is 1.06 bits per heavy atom. The Morgan fingerprint density at radius 3 is 2.44 bits per heavy atom. The van der Waals surface area contributed by atoms with Crippen molar-refractivity contribution in [2.75, 3.05) is 57.2 Å². The molecule has 0 unspecified atom stereocenters. The molecule has 0 aliphatic carbocycles. The van der Waals surface area contributed by atoms with Gasteiger partial charge in [0.15, 0.2) is 0 Å². The molecule has 0 radical (unpaired) electrons. The first kappa shape index (κ1) is 24.5. The number of benzene rings is 2. The van der Waals surface area contributed by atoms with Gasteiger partial charge in [-0.05, 0) is 56.8 Å². The van der Waals surface area contributed by atoms with Crippen LogP contribution < -0.4 is 9.62 Å². The molecular weight excluding hydrogens is 448 g/mol. The molecule has 0 aromatic heterocycles. The molecule has 2 aromatic carbocycles. The lowest BCUT2D eigenvalue weighted by atomic mass is 10.2. The van der Waals surface area contributed by atoms with Crippen LogP contribution in [-0.4, -0.2) is 77.0 Å². The van der Waals surface area contributed by atoms with Crippen LogP contribution in [0.25, 0.3) is 0 Å². The lowest BCUT2D eigenvalue weighted by Crippen LogP contribution is -2.45. The first-order chi connectivity index (χ1) is 15.3. The Balaban J connectivity index is 1.67. The molecule has 3 rings (SSSR count). The zero-order valence-corrected chi connectivity index (χ0v) is 20.2. The number of nitrogens with zero attached hydrogens (tertiary/aromatic N) is 3. The maximum Gasteiger partial charge on any atom is 0.264 e. The Morgan fingerprint density at radius 2 is 1.75 bits per heavy atom. The van der Waals surface area contributed by atoms with Crippen molar-refractivity contribution >= 4 is 33.2 Å². The fourth-order valence-corrected chi connectivity index (χ4v) is 5.34. The Kier molecular flexibility index (Phi) is 8.53. The summed E-state index contributed by atoms with van der Waals surface area (Å²) in [5.41, 5.74) is 1.01. The van der Waals surface area contributed by atoms with Gasteiger partial charge < -0.3 is 15.1 Å². The zero-order valence-electron chi connectivity index (χ0n) is 18.6. The molecule has 0 bridgehead atoms. The molecule has 1 aliphatic rings. The lowest BCUT2D eigenvalue weighted by Gasteiger charge is -2.32. The molecule has 1 aliphatic heterocycles. The van der Waals surface area contributed by atoms with Crippen LogP contribution in [0.3, 0.4) is 0 Å². The number of likely N-dealkylation sites (N-methyl/N-ethyl adjacent to an activating group) is 1. The number of halogens is 1. The molecule has 32 heavy (non-hydrogen) atoms. The standard InChI is InChI=1S/C23H31ClN4O3S/c1-19-21(24)10-6-11-22(19)28(32(30,31)20-8-4-3-5-9-20)18-23(29)25-12-7-13-27-16-14-26(2)15-17-27/h3-6,8-11H,7,12-18H2,1-2H3,(H,25,29). The van der Waals surface area contributed by atoms with Gasteiger partial charge in [0.2, 0.25) is 5.91 Å². The molecule has 9 heteroatoms. The average Bonchev–Trinajstić information content (AvgIpc) is 2.79. The molecule has 7 nitrogen and oxygen atoms in total. The van der Waals surface area contributed by atoms with Crippen molar-refractivity contribution in [2.45, 2.75) is 18.2 Å². The summed E-state index contributed by atoms with van der Waals surface area (Å²) < 4.78 is 27.9. The molecule has 0 atom stereocenters. The second-order valence-electron chi connectivity index (χ2n) is 8.06. The van der Waals surface area contributed by atoms with Gasteiger partial charge in [-0.25, -0.2) is 8.42 Å². The van der Waals surface area contributed by atoms with E-state index in [4.69, 9.17) is 11.6 Å². The predicted molar refractivity (Wildman–Crippen MR) is 129 cm³/mol. The van der Waals surface area contributed by atoms with Crippen molar-refractivity contribution in [3.63, 3.8) is 0 Å². The number of rotatable bonds is 9. The number of amides is 1. The van der Waals surface area contributed by atoms with E-state index in [9.17, 15) is 13.2 Å². The van der Waals surface area contributed by atoms with Crippen LogP contribution in [0.5, 0.6) is 0 Å². The van der Waals surface area contributed by atoms with Crippen molar-refractivity contribution in [2.24, 2.45) is 0 Å². The Labute approximate surface area is 196 Å². The highest BCUT2D eigenvalue weighted by atomic mass is 35.5. The smallest absolute Gasteiger partial charge is 0.264 e. The number of nitrogens with one attached hydrogen (secondary N) is 1. The normalized spacial score (nSPS) is 15.5. The molecule has 0 saturated carbocycles. The summed E-state index contributed by atoms with van der Waals surface area (Å²) in [6.07, 6.45) is 0.817. The van der Waals surface area contributed by atoms with Crippen molar-refractivity contribution < 1.29 is 13.2 Å². The summed E-state index contributed by atoms with van der Waals surface area (Å²) in [7, 11) is -1.82. The first-order valence-corrected chi connectivity index (χ1v) is 12.6. The quantitative estimate of drug-likeness (QED) is 0.561. The maximum atomic E-state index is 13.4. The average molecular weight is 479 g/mol. The second kappa shape index (κ2) is 11.1. The SMILES string of the molecule is Cc1c(Cl)cccc1N(CC(=O)NCCCN1CCN(C)CC1)S(=O)(=O)c1ccccc1. The minimum Gasteiger partial charge on any atom is -0.354 e. The number of carbonyl (C=O) groups excluding carboxylic acids is 1. The number of anilines is 1. The highest BCUT2D eigenvalue weighted by Crippen LogP contribution is 2.30. The van der Waals surface area contributed by atoms with Gasteiger partial charge in [0.25, 0.3) is 10.0 Å². The molecule has 174 valence electrons. The monoisotopic (exact) mass is 478 g/mol. The van der Waals surface area contributed by atoms with Gasteiger partial charge in [-0.15, -0.1) is 0 Å². The van der Waals surface area contributed by atoms with Gasteiger partial charge in [0, 0.05) is 37.7 Å². The third kappa shape index (κ3) is 6.22. The van der Waals surface area contributed by atoms with Crippen LogP contribution in [0.1, 0.15) is 12.0 Å². The third-order valence-electron chi connectivity index (χ3n) is 5.70. The molecular formula is C23H31ClN4O3S. The van der Waals surface area contributed by atoms with Gasteiger partial charge in [0.1, 0.15) is 6.54 Å². The molecule has 1 saturated heterocycles. The van der Waals surface area contributed by atoms with Gasteiger partial charge >= 0.3 is 0 Å². The molecule has 2 aromatic rings. The van der Waals surface area contributed by atoms with Crippen LogP contribution in [0.2, 0.25) is 5.02 Å². The zero-order chi connectivity index (χ0) is 23.1. The van der Waals surface area contributed by atoms with E-state index in [-0.39, 0.29) is 17.3 Å². The van der Waals surface area contributed by atoms with Crippen molar-refractivity contribution in [1.82, 2.24) is 15.1 Å². The van der Waals surface area contributed by atoms with E-state index in [1.165, 1.54) is 12.1 Å². The highest BCUT2D eigenvalue weighted by molar-refractivity contribution is 7.92. The number of sulfonamides is 1. The van der Waals surface area contributed by atoms with Gasteiger partial charge in [-0.1, -0.05) is 35.9 Å². The van der Waals surface area contributed by atoms with E-state index >= 15 is 0 Å².